The molecule has 1 aliphatic rings. The Morgan fingerprint density at radius 1 is 1.12 bits per heavy atom. The van der Waals surface area contributed by atoms with Crippen LogP contribution >= 0.6 is 0 Å². The number of alkyl halides is 3. The number of ketones is 1. The van der Waals surface area contributed by atoms with Gasteiger partial charge in [0.25, 0.3) is 11.7 Å². The van der Waals surface area contributed by atoms with E-state index in [9.17, 15) is 27.6 Å². The van der Waals surface area contributed by atoms with E-state index >= 15 is 0 Å². The Balaban J connectivity index is 1.56. The lowest BCUT2D eigenvalue weighted by molar-refractivity contribution is -0.165. The van der Waals surface area contributed by atoms with Crippen LogP contribution in [-0.4, -0.2) is 36.7 Å². The largest absolute Gasteiger partial charge is 0.454 e. The standard InChI is InChI=1S/C22H19F3N2O6/c1-13(20(29)27-11-14-6-7-17-18(10-14)32-12-31-17)33-21(30)15-4-2-3-5-16(15)26-9-8-19(28)22(23,24)25/h2-10,13,26H,11-12H2,1H3,(H,27,29)/b9-8+/t13-/m1/s1. The van der Waals surface area contributed by atoms with Crippen molar-refractivity contribution in [1.82, 2.24) is 5.32 Å². The van der Waals surface area contributed by atoms with Crippen molar-refractivity contribution in [3.8, 4) is 11.5 Å². The number of esters is 1. The molecule has 8 nitrogen and oxygen atoms in total. The molecule has 174 valence electrons. The fraction of sp³-hybridized carbons (Fsp3) is 0.227. The number of ether oxygens (including phenoxy) is 3. The maximum Gasteiger partial charge on any atom is 0.454 e. The second-order valence-corrected chi connectivity index (χ2v) is 6.84. The van der Waals surface area contributed by atoms with Crippen LogP contribution in [0.5, 0.6) is 11.5 Å². The number of carbonyl (C=O) groups excluding carboxylic acids is 3. The summed E-state index contributed by atoms with van der Waals surface area (Å²) < 4.78 is 52.5. The van der Waals surface area contributed by atoms with Crippen molar-refractivity contribution in [2.75, 3.05) is 12.1 Å². The summed E-state index contributed by atoms with van der Waals surface area (Å²) in [6.45, 7) is 1.67. The van der Waals surface area contributed by atoms with Crippen molar-refractivity contribution in [2.24, 2.45) is 0 Å². The monoisotopic (exact) mass is 464 g/mol. The topological polar surface area (TPSA) is 103 Å². The third-order valence-electron chi connectivity index (χ3n) is 4.46. The van der Waals surface area contributed by atoms with Gasteiger partial charge in [-0.3, -0.25) is 9.59 Å². The number of halogens is 3. The van der Waals surface area contributed by atoms with Gasteiger partial charge in [0, 0.05) is 18.8 Å². The lowest BCUT2D eigenvalue weighted by Crippen LogP contribution is -2.35. The van der Waals surface area contributed by atoms with Gasteiger partial charge in [-0.05, 0) is 36.8 Å². The number of hydrogen-bond donors (Lipinski definition) is 2. The number of benzene rings is 2. The Bertz CT molecular complexity index is 1080. The molecule has 1 amide bonds. The quantitative estimate of drug-likeness (QED) is 0.456. The fourth-order valence-electron chi connectivity index (χ4n) is 2.75. The molecule has 3 rings (SSSR count). The van der Waals surface area contributed by atoms with Crippen molar-refractivity contribution in [3.63, 3.8) is 0 Å². The third-order valence-corrected chi connectivity index (χ3v) is 4.46. The molecule has 0 unspecified atom stereocenters. The summed E-state index contributed by atoms with van der Waals surface area (Å²) in [7, 11) is 0. The van der Waals surface area contributed by atoms with E-state index in [0.717, 1.165) is 11.8 Å². The van der Waals surface area contributed by atoms with Crippen LogP contribution in [0, 0.1) is 0 Å². The van der Waals surface area contributed by atoms with Crippen LogP contribution in [0.25, 0.3) is 0 Å². The number of allylic oxidation sites excluding steroid dienone is 1. The van der Waals surface area contributed by atoms with Crippen LogP contribution in [-0.2, 0) is 20.9 Å². The zero-order valence-corrected chi connectivity index (χ0v) is 17.3. The number of anilines is 1. The number of nitrogens with one attached hydrogen (secondary N) is 2. The van der Waals surface area contributed by atoms with Crippen molar-refractivity contribution >= 4 is 23.3 Å². The van der Waals surface area contributed by atoms with E-state index in [4.69, 9.17) is 14.2 Å². The molecule has 0 aromatic heterocycles. The summed E-state index contributed by atoms with van der Waals surface area (Å²) in [6.07, 6.45) is -5.08. The van der Waals surface area contributed by atoms with Crippen molar-refractivity contribution in [3.05, 3.63) is 65.9 Å². The summed E-state index contributed by atoms with van der Waals surface area (Å²) >= 11 is 0. The average molecular weight is 464 g/mol. The highest BCUT2D eigenvalue weighted by Crippen LogP contribution is 2.32. The zero-order chi connectivity index (χ0) is 24.0. The van der Waals surface area contributed by atoms with Gasteiger partial charge in [0.1, 0.15) is 0 Å². The average Bonchev–Trinajstić information content (AvgIpc) is 3.24. The first-order chi connectivity index (χ1) is 15.6. The van der Waals surface area contributed by atoms with Gasteiger partial charge in [-0.1, -0.05) is 18.2 Å². The molecule has 1 aliphatic heterocycles. The summed E-state index contributed by atoms with van der Waals surface area (Å²) in [5, 5.41) is 5.08. The van der Waals surface area contributed by atoms with Gasteiger partial charge < -0.3 is 24.8 Å². The fourth-order valence-corrected chi connectivity index (χ4v) is 2.75. The highest BCUT2D eigenvalue weighted by molar-refractivity contribution is 5.98. The molecule has 1 heterocycles. The van der Waals surface area contributed by atoms with Gasteiger partial charge in [0.15, 0.2) is 17.6 Å². The van der Waals surface area contributed by atoms with Crippen molar-refractivity contribution in [1.29, 1.82) is 0 Å². The number of amides is 1. The molecule has 0 fully saturated rings. The Morgan fingerprint density at radius 3 is 2.61 bits per heavy atom. The van der Waals surface area contributed by atoms with E-state index in [1.54, 1.807) is 18.2 Å². The van der Waals surface area contributed by atoms with Crippen LogP contribution in [0.2, 0.25) is 0 Å². The van der Waals surface area contributed by atoms with Gasteiger partial charge >= 0.3 is 12.1 Å². The maximum atomic E-state index is 12.5. The first-order valence-corrected chi connectivity index (χ1v) is 9.65. The summed E-state index contributed by atoms with van der Waals surface area (Å²) in [6, 6.07) is 11.0. The third kappa shape index (κ3) is 6.25. The van der Waals surface area contributed by atoms with Gasteiger partial charge in [0.2, 0.25) is 6.79 Å². The van der Waals surface area contributed by atoms with Crippen molar-refractivity contribution in [2.45, 2.75) is 25.7 Å². The van der Waals surface area contributed by atoms with Crippen LogP contribution in [0.4, 0.5) is 18.9 Å². The first-order valence-electron chi connectivity index (χ1n) is 9.65. The molecule has 2 aromatic carbocycles. The molecule has 0 bridgehead atoms. The SMILES string of the molecule is C[C@@H](OC(=O)c1ccccc1N/C=C/C(=O)C(F)(F)F)C(=O)NCc1ccc2c(c1)OCO2. The molecule has 33 heavy (non-hydrogen) atoms. The van der Waals surface area contributed by atoms with E-state index in [0.29, 0.717) is 17.6 Å². The predicted octanol–water partition coefficient (Wildman–Crippen LogP) is 3.33. The highest BCUT2D eigenvalue weighted by atomic mass is 19.4. The van der Waals surface area contributed by atoms with E-state index in [1.807, 2.05) is 0 Å². The van der Waals surface area contributed by atoms with Crippen LogP contribution in [0.1, 0.15) is 22.8 Å². The molecule has 2 aromatic rings. The minimum Gasteiger partial charge on any atom is -0.454 e. The number of fused-ring (bicyclic) bond motifs is 1. The molecule has 11 heteroatoms. The minimum atomic E-state index is -5.00. The molecule has 0 saturated carbocycles. The lowest BCUT2D eigenvalue weighted by atomic mass is 10.1. The Labute approximate surface area is 186 Å². The van der Waals surface area contributed by atoms with E-state index in [2.05, 4.69) is 10.6 Å². The summed E-state index contributed by atoms with van der Waals surface area (Å²) in [5.41, 5.74) is 0.819. The van der Waals surface area contributed by atoms with Crippen LogP contribution in [0.3, 0.4) is 0 Å². The van der Waals surface area contributed by atoms with Crippen molar-refractivity contribution < 1.29 is 41.8 Å². The van der Waals surface area contributed by atoms with E-state index in [1.165, 1.54) is 31.2 Å². The molecule has 0 aliphatic carbocycles. The number of carbonyl (C=O) groups is 3. The Kier molecular flexibility index (Phi) is 7.21. The molecular weight excluding hydrogens is 445 g/mol. The Hall–Kier alpha value is -4.02. The molecule has 0 saturated heterocycles. The predicted molar refractivity (Wildman–Crippen MR) is 110 cm³/mol. The smallest absolute Gasteiger partial charge is 0.454 e. The number of para-hydroxylation sites is 1. The van der Waals surface area contributed by atoms with Gasteiger partial charge in [0.05, 0.1) is 11.3 Å². The molecule has 1 atom stereocenters. The van der Waals surface area contributed by atoms with E-state index in [-0.39, 0.29) is 24.6 Å². The first kappa shape index (κ1) is 23.6. The second kappa shape index (κ2) is 10.1. The molecular formula is C22H19F3N2O6. The van der Waals surface area contributed by atoms with Gasteiger partial charge in [-0.15, -0.1) is 0 Å². The minimum absolute atomic E-state index is 0.0305. The molecule has 2 N–H and O–H groups in total. The highest BCUT2D eigenvalue weighted by Gasteiger charge is 2.36. The Morgan fingerprint density at radius 2 is 1.85 bits per heavy atom. The van der Waals surface area contributed by atoms with E-state index < -0.39 is 29.9 Å². The number of rotatable bonds is 8. The maximum absolute atomic E-state index is 12.5. The second-order valence-electron chi connectivity index (χ2n) is 6.84. The zero-order valence-electron chi connectivity index (χ0n) is 17.3. The normalized spacial score (nSPS) is 13.5. The molecule has 0 radical (unpaired) electrons. The molecule has 0 spiro atoms. The summed E-state index contributed by atoms with van der Waals surface area (Å²) in [5.74, 6) is -2.31. The lowest BCUT2D eigenvalue weighted by Gasteiger charge is -2.15. The summed E-state index contributed by atoms with van der Waals surface area (Å²) in [4.78, 5) is 35.7. The van der Waals surface area contributed by atoms with Gasteiger partial charge in [-0.2, -0.15) is 13.2 Å². The number of hydrogen-bond acceptors (Lipinski definition) is 7. The van der Waals surface area contributed by atoms with Crippen LogP contribution in [0.15, 0.2) is 54.7 Å². The van der Waals surface area contributed by atoms with Gasteiger partial charge in [-0.25, -0.2) is 4.79 Å². The van der Waals surface area contributed by atoms with Crippen LogP contribution < -0.4 is 20.1 Å².